The van der Waals surface area contributed by atoms with Crippen molar-refractivity contribution in [3.63, 3.8) is 0 Å². The van der Waals surface area contributed by atoms with Gasteiger partial charge in [-0.15, -0.1) is 0 Å². The van der Waals surface area contributed by atoms with Crippen LogP contribution in [0.3, 0.4) is 0 Å². The van der Waals surface area contributed by atoms with Crippen LogP contribution in [0.25, 0.3) is 0 Å². The lowest BCUT2D eigenvalue weighted by Gasteiger charge is -2.30. The Hall–Kier alpha value is -2.12. The highest BCUT2D eigenvalue weighted by molar-refractivity contribution is 5.99. The number of carbonyl (C=O) groups is 2. The second kappa shape index (κ2) is 10.4. The van der Waals surface area contributed by atoms with Crippen molar-refractivity contribution in [1.82, 2.24) is 5.32 Å². The molecule has 0 aliphatic heterocycles. The van der Waals surface area contributed by atoms with Crippen LogP contribution in [0.5, 0.6) is 5.75 Å². The van der Waals surface area contributed by atoms with Crippen molar-refractivity contribution in [2.45, 2.75) is 58.6 Å². The van der Waals surface area contributed by atoms with Gasteiger partial charge in [0.15, 0.2) is 12.4 Å². The zero-order valence-electron chi connectivity index (χ0n) is 17.9. The molecule has 0 aliphatic carbocycles. The number of methoxy groups -OCH3 is 1. The Bertz CT molecular complexity index is 671. The third kappa shape index (κ3) is 8.71. The first-order chi connectivity index (χ1) is 13.0. The van der Waals surface area contributed by atoms with E-state index >= 15 is 0 Å². The minimum atomic E-state index is -0.435. The highest BCUT2D eigenvalue weighted by Gasteiger charge is 2.23. The van der Waals surface area contributed by atoms with Crippen LogP contribution in [-0.4, -0.2) is 49.8 Å². The van der Waals surface area contributed by atoms with Gasteiger partial charge in [-0.3, -0.25) is 9.59 Å². The van der Waals surface area contributed by atoms with Gasteiger partial charge in [0, 0.05) is 43.2 Å². The van der Waals surface area contributed by atoms with E-state index in [2.05, 4.69) is 5.32 Å². The fraction of sp³-hybridized carbons (Fsp3) is 0.619. The van der Waals surface area contributed by atoms with Crippen LogP contribution in [0.15, 0.2) is 18.2 Å². The summed E-state index contributed by atoms with van der Waals surface area (Å²) in [7, 11) is 1.67. The van der Waals surface area contributed by atoms with Crippen LogP contribution in [-0.2, 0) is 14.3 Å². The number of amides is 1. The third-order valence-corrected chi connectivity index (χ3v) is 4.38. The summed E-state index contributed by atoms with van der Waals surface area (Å²) in [6.07, 6.45) is 1.46. The molecule has 3 N–H and O–H groups in total. The number of nitrogens with two attached hydrogens (primary N) is 1. The average molecular weight is 395 g/mol. The van der Waals surface area contributed by atoms with Crippen molar-refractivity contribution in [2.24, 2.45) is 0 Å². The van der Waals surface area contributed by atoms with E-state index in [1.165, 1.54) is 6.92 Å². The number of hydrogen-bond donors (Lipinski definition) is 2. The summed E-state index contributed by atoms with van der Waals surface area (Å²) in [5.41, 5.74) is 5.89. The molecule has 0 saturated carbocycles. The van der Waals surface area contributed by atoms with Crippen LogP contribution in [0, 0.1) is 0 Å². The number of ketones is 1. The Morgan fingerprint density at radius 3 is 2.36 bits per heavy atom. The van der Waals surface area contributed by atoms with Crippen LogP contribution >= 0.6 is 0 Å². The average Bonchev–Trinajstić information content (AvgIpc) is 2.57. The number of ether oxygens (including phenoxy) is 3. The smallest absolute Gasteiger partial charge is 0.258 e. The largest absolute Gasteiger partial charge is 0.484 e. The van der Waals surface area contributed by atoms with Gasteiger partial charge in [0.1, 0.15) is 5.75 Å². The van der Waals surface area contributed by atoms with Gasteiger partial charge in [-0.05, 0) is 59.6 Å². The van der Waals surface area contributed by atoms with Crippen LogP contribution < -0.4 is 15.8 Å². The number of Topliss-reactive ketones (excluding diaryl/α,β-unsaturated/α-hetero) is 1. The van der Waals surface area contributed by atoms with Crippen molar-refractivity contribution in [3.05, 3.63) is 23.8 Å². The molecule has 28 heavy (non-hydrogen) atoms. The molecule has 0 fully saturated rings. The first kappa shape index (κ1) is 23.9. The van der Waals surface area contributed by atoms with Gasteiger partial charge in [0.05, 0.1) is 5.60 Å². The predicted octanol–water partition coefficient (Wildman–Crippen LogP) is 2.97. The Labute approximate surface area is 167 Å². The highest BCUT2D eigenvalue weighted by atomic mass is 16.5. The van der Waals surface area contributed by atoms with Crippen molar-refractivity contribution in [1.29, 1.82) is 0 Å². The van der Waals surface area contributed by atoms with E-state index in [1.54, 1.807) is 25.3 Å². The van der Waals surface area contributed by atoms with Gasteiger partial charge < -0.3 is 25.3 Å². The summed E-state index contributed by atoms with van der Waals surface area (Å²) >= 11 is 0. The Morgan fingerprint density at radius 2 is 1.79 bits per heavy atom. The molecule has 0 aliphatic rings. The van der Waals surface area contributed by atoms with Gasteiger partial charge >= 0.3 is 0 Å². The molecule has 1 aromatic carbocycles. The second-order valence-electron chi connectivity index (χ2n) is 8.13. The molecule has 0 heterocycles. The summed E-state index contributed by atoms with van der Waals surface area (Å²) in [6.45, 7) is 10.4. The van der Waals surface area contributed by atoms with Crippen molar-refractivity contribution < 1.29 is 23.8 Å². The van der Waals surface area contributed by atoms with Gasteiger partial charge in [0.25, 0.3) is 5.91 Å². The fourth-order valence-corrected chi connectivity index (χ4v) is 2.58. The lowest BCUT2D eigenvalue weighted by Crippen LogP contribution is -2.46. The Morgan fingerprint density at radius 1 is 1.11 bits per heavy atom. The molecule has 0 spiro atoms. The van der Waals surface area contributed by atoms with E-state index in [-0.39, 0.29) is 23.9 Å². The molecule has 0 aromatic heterocycles. The molecule has 7 heteroatoms. The SMILES string of the molecule is COCCC(C)(C)OCCC(C)(C)NC(=O)COc1ccc(C(C)=O)c(N)c1. The molecular formula is C21H34N2O5. The molecule has 158 valence electrons. The number of rotatable bonds is 12. The topological polar surface area (TPSA) is 99.9 Å². The molecule has 0 saturated heterocycles. The monoisotopic (exact) mass is 394 g/mol. The number of benzene rings is 1. The van der Waals surface area contributed by atoms with E-state index in [0.29, 0.717) is 36.6 Å². The predicted molar refractivity (Wildman–Crippen MR) is 110 cm³/mol. The summed E-state index contributed by atoms with van der Waals surface area (Å²) in [5.74, 6) is 0.0905. The van der Waals surface area contributed by atoms with Gasteiger partial charge in [-0.1, -0.05) is 0 Å². The minimum Gasteiger partial charge on any atom is -0.484 e. The first-order valence-corrected chi connectivity index (χ1v) is 9.43. The Kier molecular flexibility index (Phi) is 8.91. The lowest BCUT2D eigenvalue weighted by molar-refractivity contribution is -0.125. The summed E-state index contributed by atoms with van der Waals surface area (Å²) in [4.78, 5) is 23.6. The number of carbonyl (C=O) groups excluding carboxylic acids is 2. The molecule has 0 radical (unpaired) electrons. The maximum atomic E-state index is 12.2. The fourth-order valence-electron chi connectivity index (χ4n) is 2.58. The third-order valence-electron chi connectivity index (χ3n) is 4.38. The molecule has 0 atom stereocenters. The number of anilines is 1. The number of nitrogens with one attached hydrogen (secondary N) is 1. The quantitative estimate of drug-likeness (QED) is 0.418. The Balaban J connectivity index is 2.44. The summed E-state index contributed by atoms with van der Waals surface area (Å²) < 4.78 is 16.5. The van der Waals surface area contributed by atoms with Gasteiger partial charge in [-0.25, -0.2) is 0 Å². The molecule has 0 bridgehead atoms. The molecule has 1 aromatic rings. The molecule has 0 unspecified atom stereocenters. The van der Waals surface area contributed by atoms with Gasteiger partial charge in [0.2, 0.25) is 0 Å². The number of nitrogen functional groups attached to an aromatic ring is 1. The van der Waals surface area contributed by atoms with Crippen LogP contribution in [0.2, 0.25) is 0 Å². The van der Waals surface area contributed by atoms with Crippen LogP contribution in [0.1, 0.15) is 57.8 Å². The maximum Gasteiger partial charge on any atom is 0.258 e. The first-order valence-electron chi connectivity index (χ1n) is 9.43. The number of hydrogen-bond acceptors (Lipinski definition) is 6. The van der Waals surface area contributed by atoms with E-state index in [9.17, 15) is 9.59 Å². The van der Waals surface area contributed by atoms with E-state index in [0.717, 1.165) is 6.42 Å². The summed E-state index contributed by atoms with van der Waals surface area (Å²) in [5, 5.41) is 2.95. The van der Waals surface area contributed by atoms with Crippen molar-refractivity contribution in [2.75, 3.05) is 32.7 Å². The van der Waals surface area contributed by atoms with Crippen molar-refractivity contribution in [3.8, 4) is 5.75 Å². The highest BCUT2D eigenvalue weighted by Crippen LogP contribution is 2.21. The zero-order valence-corrected chi connectivity index (χ0v) is 17.9. The van der Waals surface area contributed by atoms with E-state index in [1.807, 2.05) is 27.7 Å². The molecule has 7 nitrogen and oxygen atoms in total. The van der Waals surface area contributed by atoms with E-state index < -0.39 is 5.54 Å². The van der Waals surface area contributed by atoms with Crippen LogP contribution in [0.4, 0.5) is 5.69 Å². The maximum absolute atomic E-state index is 12.2. The molecule has 1 amide bonds. The lowest BCUT2D eigenvalue weighted by atomic mass is 10.0. The minimum absolute atomic E-state index is 0.115. The second-order valence-corrected chi connectivity index (χ2v) is 8.13. The molecule has 1 rings (SSSR count). The molecular weight excluding hydrogens is 360 g/mol. The van der Waals surface area contributed by atoms with Crippen molar-refractivity contribution >= 4 is 17.4 Å². The standard InChI is InChI=1S/C21H34N2O5/c1-15(24)17-8-7-16(13-18(17)22)27-14-19(25)23-20(2,3)9-12-28-21(4,5)10-11-26-6/h7-8,13H,9-12,14,22H2,1-6H3,(H,23,25). The summed E-state index contributed by atoms with van der Waals surface area (Å²) in [6, 6.07) is 4.77. The zero-order chi connectivity index (χ0) is 21.4. The van der Waals surface area contributed by atoms with Gasteiger partial charge in [-0.2, -0.15) is 0 Å². The van der Waals surface area contributed by atoms with E-state index in [4.69, 9.17) is 19.9 Å². The normalized spacial score (nSPS) is 11.9.